The zero-order valence-electron chi connectivity index (χ0n) is 11.4. The van der Waals surface area contributed by atoms with E-state index in [1.807, 2.05) is 24.3 Å². The Kier molecular flexibility index (Phi) is 4.52. The number of halogens is 2. The molecule has 1 aromatic heterocycles. The van der Waals surface area contributed by atoms with E-state index in [1.165, 1.54) is 4.80 Å². The van der Waals surface area contributed by atoms with Gasteiger partial charge in [0.05, 0.1) is 6.54 Å². The molecule has 0 saturated carbocycles. The largest absolute Gasteiger partial charge is 0.386 e. The van der Waals surface area contributed by atoms with Crippen molar-refractivity contribution >= 4 is 27.5 Å². The first kappa shape index (κ1) is 15.1. The SMILES string of the molecule is O[C@H](Cn1nnc(-c2ccc(Br)cc2)n1)c1ccc(Cl)cc1. The third-order valence-electron chi connectivity index (χ3n) is 3.15. The molecule has 0 amide bonds. The second-order valence-electron chi connectivity index (χ2n) is 4.74. The van der Waals surface area contributed by atoms with Crippen LogP contribution in [-0.2, 0) is 6.54 Å². The van der Waals surface area contributed by atoms with E-state index in [-0.39, 0.29) is 6.54 Å². The van der Waals surface area contributed by atoms with Gasteiger partial charge in [0.2, 0.25) is 5.82 Å². The van der Waals surface area contributed by atoms with Crippen LogP contribution in [-0.4, -0.2) is 25.3 Å². The highest BCUT2D eigenvalue weighted by atomic mass is 79.9. The molecular formula is C15H12BrClN4O. The van der Waals surface area contributed by atoms with Gasteiger partial charge in [0.25, 0.3) is 0 Å². The number of rotatable bonds is 4. The minimum atomic E-state index is -0.718. The molecule has 0 spiro atoms. The number of hydrogen-bond acceptors (Lipinski definition) is 4. The standard InChI is InChI=1S/C15H12BrClN4O/c16-12-5-1-11(2-6-12)15-18-20-21(19-15)9-14(22)10-3-7-13(17)8-4-10/h1-8,14,22H,9H2/t14-/m1/s1. The number of nitrogens with zero attached hydrogens (tertiary/aromatic N) is 4. The number of aromatic nitrogens is 4. The van der Waals surface area contributed by atoms with E-state index in [1.54, 1.807) is 24.3 Å². The van der Waals surface area contributed by atoms with Crippen LogP contribution in [0.5, 0.6) is 0 Å². The lowest BCUT2D eigenvalue weighted by atomic mass is 10.1. The van der Waals surface area contributed by atoms with Gasteiger partial charge >= 0.3 is 0 Å². The van der Waals surface area contributed by atoms with Gasteiger partial charge in [-0.25, -0.2) is 0 Å². The van der Waals surface area contributed by atoms with Crippen LogP contribution in [0.1, 0.15) is 11.7 Å². The van der Waals surface area contributed by atoms with Crippen molar-refractivity contribution in [3.8, 4) is 11.4 Å². The second kappa shape index (κ2) is 6.56. The third kappa shape index (κ3) is 3.52. The Morgan fingerprint density at radius 3 is 2.45 bits per heavy atom. The van der Waals surface area contributed by atoms with Crippen LogP contribution < -0.4 is 0 Å². The summed E-state index contributed by atoms with van der Waals surface area (Å²) in [4.78, 5) is 1.39. The average Bonchev–Trinajstić information content (AvgIpc) is 2.97. The molecular weight excluding hydrogens is 368 g/mol. The predicted molar refractivity (Wildman–Crippen MR) is 87.4 cm³/mol. The summed E-state index contributed by atoms with van der Waals surface area (Å²) in [5.74, 6) is 0.524. The molecule has 0 aliphatic carbocycles. The van der Waals surface area contributed by atoms with Gasteiger partial charge in [-0.1, -0.05) is 39.7 Å². The molecule has 1 N–H and O–H groups in total. The van der Waals surface area contributed by atoms with Crippen molar-refractivity contribution in [2.24, 2.45) is 0 Å². The highest BCUT2D eigenvalue weighted by molar-refractivity contribution is 9.10. The van der Waals surface area contributed by atoms with Crippen LogP contribution in [0, 0.1) is 0 Å². The average molecular weight is 380 g/mol. The zero-order valence-corrected chi connectivity index (χ0v) is 13.7. The van der Waals surface area contributed by atoms with Crippen molar-refractivity contribution in [1.29, 1.82) is 0 Å². The summed E-state index contributed by atoms with van der Waals surface area (Å²) in [5.41, 5.74) is 1.63. The number of tetrazole rings is 1. The smallest absolute Gasteiger partial charge is 0.204 e. The Labute approximate surface area is 140 Å². The van der Waals surface area contributed by atoms with Crippen molar-refractivity contribution in [1.82, 2.24) is 20.2 Å². The van der Waals surface area contributed by atoms with Crippen molar-refractivity contribution in [2.75, 3.05) is 0 Å². The molecule has 112 valence electrons. The Balaban J connectivity index is 1.73. The van der Waals surface area contributed by atoms with Gasteiger partial charge < -0.3 is 5.11 Å². The predicted octanol–water partition coefficient (Wildman–Crippen LogP) is 3.49. The highest BCUT2D eigenvalue weighted by Gasteiger charge is 2.12. The molecule has 0 unspecified atom stereocenters. The molecule has 3 rings (SSSR count). The number of aliphatic hydroxyl groups is 1. The van der Waals surface area contributed by atoms with Crippen LogP contribution >= 0.6 is 27.5 Å². The molecule has 1 heterocycles. The summed E-state index contributed by atoms with van der Waals surface area (Å²) in [6.07, 6.45) is -0.718. The van der Waals surface area contributed by atoms with Crippen LogP contribution in [0.4, 0.5) is 0 Å². The normalized spacial score (nSPS) is 12.3. The molecule has 0 saturated heterocycles. The monoisotopic (exact) mass is 378 g/mol. The van der Waals surface area contributed by atoms with Gasteiger partial charge in [0.1, 0.15) is 6.10 Å². The maximum Gasteiger partial charge on any atom is 0.204 e. The molecule has 2 aromatic carbocycles. The van der Waals surface area contributed by atoms with Crippen molar-refractivity contribution < 1.29 is 5.11 Å². The van der Waals surface area contributed by atoms with Crippen LogP contribution in [0.3, 0.4) is 0 Å². The van der Waals surface area contributed by atoms with E-state index in [2.05, 4.69) is 31.3 Å². The minimum absolute atomic E-state index is 0.227. The Hall–Kier alpha value is -1.76. The van der Waals surface area contributed by atoms with Crippen molar-refractivity contribution in [3.63, 3.8) is 0 Å². The van der Waals surface area contributed by atoms with E-state index < -0.39 is 6.10 Å². The van der Waals surface area contributed by atoms with Gasteiger partial charge in [0.15, 0.2) is 0 Å². The minimum Gasteiger partial charge on any atom is -0.386 e. The van der Waals surface area contributed by atoms with Gasteiger partial charge in [-0.2, -0.15) is 4.80 Å². The van der Waals surface area contributed by atoms with E-state index in [4.69, 9.17) is 11.6 Å². The topological polar surface area (TPSA) is 63.8 Å². The Morgan fingerprint density at radius 2 is 1.77 bits per heavy atom. The van der Waals surface area contributed by atoms with Gasteiger partial charge in [0, 0.05) is 15.1 Å². The van der Waals surface area contributed by atoms with E-state index in [9.17, 15) is 5.11 Å². The molecule has 1 atom stereocenters. The Bertz CT molecular complexity index is 758. The van der Waals surface area contributed by atoms with Gasteiger partial charge in [-0.3, -0.25) is 0 Å². The third-order valence-corrected chi connectivity index (χ3v) is 3.93. The summed E-state index contributed by atoms with van der Waals surface area (Å²) in [7, 11) is 0. The summed E-state index contributed by atoms with van der Waals surface area (Å²) in [6, 6.07) is 14.7. The lowest BCUT2D eigenvalue weighted by molar-refractivity contribution is 0.144. The van der Waals surface area contributed by atoms with Crippen molar-refractivity contribution in [3.05, 3.63) is 63.6 Å². The fourth-order valence-corrected chi connectivity index (χ4v) is 2.37. The lowest BCUT2D eigenvalue weighted by Crippen LogP contribution is -2.11. The van der Waals surface area contributed by atoms with Gasteiger partial charge in [-0.15, -0.1) is 10.2 Å². The highest BCUT2D eigenvalue weighted by Crippen LogP contribution is 2.19. The molecule has 5 nitrogen and oxygen atoms in total. The quantitative estimate of drug-likeness (QED) is 0.753. The second-order valence-corrected chi connectivity index (χ2v) is 6.09. The summed E-state index contributed by atoms with van der Waals surface area (Å²) < 4.78 is 0.988. The van der Waals surface area contributed by atoms with E-state index in [0.29, 0.717) is 10.8 Å². The van der Waals surface area contributed by atoms with E-state index in [0.717, 1.165) is 15.6 Å². The zero-order chi connectivity index (χ0) is 15.5. The van der Waals surface area contributed by atoms with Crippen LogP contribution in [0.25, 0.3) is 11.4 Å². The fraction of sp³-hybridized carbons (Fsp3) is 0.133. The molecule has 0 bridgehead atoms. The molecule has 0 fully saturated rings. The van der Waals surface area contributed by atoms with E-state index >= 15 is 0 Å². The first-order valence-corrected chi connectivity index (χ1v) is 7.76. The summed E-state index contributed by atoms with van der Waals surface area (Å²) in [5, 5.41) is 23.1. The molecule has 0 radical (unpaired) electrons. The summed E-state index contributed by atoms with van der Waals surface area (Å²) in [6.45, 7) is 0.227. The first-order chi connectivity index (χ1) is 10.6. The Morgan fingerprint density at radius 1 is 1.09 bits per heavy atom. The molecule has 7 heteroatoms. The number of aliphatic hydroxyl groups excluding tert-OH is 1. The maximum absolute atomic E-state index is 10.2. The maximum atomic E-state index is 10.2. The van der Waals surface area contributed by atoms with Crippen molar-refractivity contribution in [2.45, 2.75) is 12.6 Å². The van der Waals surface area contributed by atoms with Gasteiger partial charge in [-0.05, 0) is 47.2 Å². The van der Waals surface area contributed by atoms with Crippen LogP contribution in [0.2, 0.25) is 5.02 Å². The lowest BCUT2D eigenvalue weighted by Gasteiger charge is -2.09. The molecule has 22 heavy (non-hydrogen) atoms. The molecule has 0 aliphatic heterocycles. The number of benzene rings is 2. The molecule has 0 aliphatic rings. The number of hydrogen-bond donors (Lipinski definition) is 1. The molecule has 3 aromatic rings. The first-order valence-electron chi connectivity index (χ1n) is 6.59. The fourth-order valence-electron chi connectivity index (χ4n) is 1.98. The summed E-state index contributed by atoms with van der Waals surface area (Å²) >= 11 is 9.22. The van der Waals surface area contributed by atoms with Crippen LogP contribution in [0.15, 0.2) is 53.0 Å².